The van der Waals surface area contributed by atoms with Crippen molar-refractivity contribution in [1.29, 1.82) is 0 Å². The van der Waals surface area contributed by atoms with E-state index in [1.807, 2.05) is 18.7 Å². The number of rotatable bonds is 6. The first-order valence-electron chi connectivity index (χ1n) is 7.06. The van der Waals surface area contributed by atoms with Crippen molar-refractivity contribution in [3.8, 4) is 0 Å². The summed E-state index contributed by atoms with van der Waals surface area (Å²) in [7, 11) is 0. The van der Waals surface area contributed by atoms with Gasteiger partial charge in [0, 0.05) is 45.2 Å². The summed E-state index contributed by atoms with van der Waals surface area (Å²) in [5.74, 6) is 0.0777. The van der Waals surface area contributed by atoms with Crippen molar-refractivity contribution in [3.05, 3.63) is 0 Å². The fourth-order valence-corrected chi connectivity index (χ4v) is 2.06. The van der Waals surface area contributed by atoms with Crippen molar-refractivity contribution in [1.82, 2.24) is 15.1 Å². The smallest absolute Gasteiger partial charge is 0.234 e. The summed E-state index contributed by atoms with van der Waals surface area (Å²) in [6.07, 6.45) is 0.949. The molecule has 0 aromatic rings. The first kappa shape index (κ1) is 15.9. The molecule has 0 aliphatic carbocycles. The van der Waals surface area contributed by atoms with E-state index in [4.69, 9.17) is 5.73 Å². The lowest BCUT2D eigenvalue weighted by Gasteiger charge is -2.35. The number of amides is 2. The monoisotopic (exact) mass is 270 g/mol. The molecule has 1 aliphatic heterocycles. The predicted molar refractivity (Wildman–Crippen MR) is 74.5 cm³/mol. The highest BCUT2D eigenvalue weighted by Crippen LogP contribution is 2.06. The highest BCUT2D eigenvalue weighted by Gasteiger charge is 2.24. The third-order valence-corrected chi connectivity index (χ3v) is 3.40. The van der Waals surface area contributed by atoms with Crippen LogP contribution in [0.15, 0.2) is 0 Å². The van der Waals surface area contributed by atoms with Crippen LogP contribution >= 0.6 is 0 Å². The molecule has 6 nitrogen and oxygen atoms in total. The molecule has 1 rings (SSSR count). The zero-order valence-electron chi connectivity index (χ0n) is 12.0. The Labute approximate surface area is 115 Å². The van der Waals surface area contributed by atoms with Crippen LogP contribution in [0.25, 0.3) is 0 Å². The van der Waals surface area contributed by atoms with Crippen LogP contribution < -0.4 is 11.1 Å². The first-order valence-corrected chi connectivity index (χ1v) is 7.06. The molecule has 110 valence electrons. The topological polar surface area (TPSA) is 78.7 Å². The van der Waals surface area contributed by atoms with Gasteiger partial charge in [0.15, 0.2) is 0 Å². The first-order chi connectivity index (χ1) is 9.08. The largest absolute Gasteiger partial charge is 0.355 e. The third-order valence-electron chi connectivity index (χ3n) is 3.40. The van der Waals surface area contributed by atoms with Crippen molar-refractivity contribution in [2.45, 2.75) is 20.3 Å². The number of hydrogen-bond donors (Lipinski definition) is 2. The lowest BCUT2D eigenvalue weighted by Crippen LogP contribution is -2.52. The molecule has 1 fully saturated rings. The van der Waals surface area contributed by atoms with Gasteiger partial charge in [0.25, 0.3) is 0 Å². The van der Waals surface area contributed by atoms with Gasteiger partial charge in [0.2, 0.25) is 11.8 Å². The lowest BCUT2D eigenvalue weighted by molar-refractivity contribution is -0.136. The molecule has 0 aromatic carbocycles. The molecule has 3 N–H and O–H groups in total. The molecule has 0 radical (unpaired) electrons. The Morgan fingerprint density at radius 1 is 1.26 bits per heavy atom. The van der Waals surface area contributed by atoms with Gasteiger partial charge in [-0.25, -0.2) is 0 Å². The van der Waals surface area contributed by atoms with Crippen molar-refractivity contribution in [2.75, 3.05) is 45.8 Å². The molecule has 0 bridgehead atoms. The van der Waals surface area contributed by atoms with Gasteiger partial charge in [0.1, 0.15) is 0 Å². The molecule has 1 saturated heterocycles. The Morgan fingerprint density at radius 2 is 1.89 bits per heavy atom. The van der Waals surface area contributed by atoms with Gasteiger partial charge in [-0.3, -0.25) is 14.5 Å². The molecular weight excluding hydrogens is 244 g/mol. The lowest BCUT2D eigenvalue weighted by atomic mass is 10.1. The Bertz CT molecular complexity index is 301. The number of carbonyl (C=O) groups is 2. The number of hydrogen-bond acceptors (Lipinski definition) is 4. The van der Waals surface area contributed by atoms with Crippen LogP contribution in [0.3, 0.4) is 0 Å². The molecule has 2 amide bonds. The van der Waals surface area contributed by atoms with Gasteiger partial charge in [0.05, 0.1) is 6.54 Å². The van der Waals surface area contributed by atoms with Gasteiger partial charge in [-0.15, -0.1) is 0 Å². The second kappa shape index (κ2) is 8.12. The number of piperazine rings is 1. The van der Waals surface area contributed by atoms with Crippen molar-refractivity contribution < 1.29 is 9.59 Å². The second-order valence-corrected chi connectivity index (χ2v) is 5.09. The number of nitrogens with one attached hydrogen (secondary N) is 1. The molecule has 1 atom stereocenters. The molecule has 0 spiro atoms. The minimum Gasteiger partial charge on any atom is -0.355 e. The van der Waals surface area contributed by atoms with Crippen LogP contribution in [0.4, 0.5) is 0 Å². The van der Waals surface area contributed by atoms with Gasteiger partial charge < -0.3 is 16.0 Å². The summed E-state index contributed by atoms with van der Waals surface area (Å²) in [6.45, 7) is 8.30. The van der Waals surface area contributed by atoms with Crippen molar-refractivity contribution >= 4 is 11.8 Å². The van der Waals surface area contributed by atoms with E-state index < -0.39 is 0 Å². The standard InChI is InChI=1S/C13H26N4O2/c1-3-4-15-12(18)10-16-5-7-17(8-6-16)13(19)11(2)9-14/h11H,3-10,14H2,1-2H3,(H,15,18). The van der Waals surface area contributed by atoms with Gasteiger partial charge in [-0.1, -0.05) is 13.8 Å². The van der Waals surface area contributed by atoms with E-state index in [-0.39, 0.29) is 17.7 Å². The Balaban J connectivity index is 2.29. The van der Waals surface area contributed by atoms with Crippen molar-refractivity contribution in [2.24, 2.45) is 11.7 Å². The summed E-state index contributed by atoms with van der Waals surface area (Å²) >= 11 is 0. The maximum absolute atomic E-state index is 11.9. The summed E-state index contributed by atoms with van der Waals surface area (Å²) < 4.78 is 0. The molecular formula is C13H26N4O2. The minimum absolute atomic E-state index is 0.0666. The quantitative estimate of drug-likeness (QED) is 0.666. The minimum atomic E-state index is -0.112. The van der Waals surface area contributed by atoms with E-state index >= 15 is 0 Å². The Hall–Kier alpha value is -1.14. The van der Waals surface area contributed by atoms with E-state index in [1.165, 1.54) is 0 Å². The molecule has 1 unspecified atom stereocenters. The van der Waals surface area contributed by atoms with Crippen LogP contribution in [0.2, 0.25) is 0 Å². The Morgan fingerprint density at radius 3 is 2.42 bits per heavy atom. The highest BCUT2D eigenvalue weighted by molar-refractivity contribution is 5.79. The summed E-state index contributed by atoms with van der Waals surface area (Å²) in [5.41, 5.74) is 5.51. The van der Waals surface area contributed by atoms with Crippen molar-refractivity contribution in [3.63, 3.8) is 0 Å². The SMILES string of the molecule is CCCNC(=O)CN1CCN(C(=O)C(C)CN)CC1. The van der Waals surface area contributed by atoms with Gasteiger partial charge >= 0.3 is 0 Å². The van der Waals surface area contributed by atoms with Crippen LogP contribution in [0, 0.1) is 5.92 Å². The number of nitrogens with zero attached hydrogens (tertiary/aromatic N) is 2. The maximum atomic E-state index is 11.9. The van der Waals surface area contributed by atoms with Gasteiger partial charge in [-0.2, -0.15) is 0 Å². The molecule has 1 heterocycles. The third kappa shape index (κ3) is 5.16. The van der Waals surface area contributed by atoms with E-state index in [1.54, 1.807) is 0 Å². The van der Waals surface area contributed by atoms with Crippen LogP contribution in [-0.2, 0) is 9.59 Å². The summed E-state index contributed by atoms with van der Waals surface area (Å²) in [4.78, 5) is 27.5. The number of nitrogens with two attached hydrogens (primary N) is 1. The van der Waals surface area contributed by atoms with E-state index in [9.17, 15) is 9.59 Å². The zero-order chi connectivity index (χ0) is 14.3. The van der Waals surface area contributed by atoms with E-state index in [2.05, 4.69) is 10.2 Å². The normalized spacial score (nSPS) is 18.2. The zero-order valence-corrected chi connectivity index (χ0v) is 12.0. The average Bonchev–Trinajstić information content (AvgIpc) is 2.44. The van der Waals surface area contributed by atoms with Crippen LogP contribution in [0.5, 0.6) is 0 Å². The predicted octanol–water partition coefficient (Wildman–Crippen LogP) is -0.748. The molecule has 0 aromatic heterocycles. The van der Waals surface area contributed by atoms with Crippen LogP contribution in [0.1, 0.15) is 20.3 Å². The fourth-order valence-electron chi connectivity index (χ4n) is 2.06. The van der Waals surface area contributed by atoms with Gasteiger partial charge in [-0.05, 0) is 6.42 Å². The van der Waals surface area contributed by atoms with Crippen LogP contribution in [-0.4, -0.2) is 67.4 Å². The summed E-state index contributed by atoms with van der Waals surface area (Å²) in [6, 6.07) is 0. The highest BCUT2D eigenvalue weighted by atomic mass is 16.2. The van der Waals surface area contributed by atoms with E-state index in [0.717, 1.165) is 26.1 Å². The Kier molecular flexibility index (Phi) is 6.80. The molecule has 6 heteroatoms. The van der Waals surface area contributed by atoms with E-state index in [0.29, 0.717) is 26.2 Å². The molecule has 0 saturated carbocycles. The number of carbonyl (C=O) groups excluding carboxylic acids is 2. The maximum Gasteiger partial charge on any atom is 0.234 e. The molecule has 19 heavy (non-hydrogen) atoms. The summed E-state index contributed by atoms with van der Waals surface area (Å²) in [5, 5.41) is 2.86. The average molecular weight is 270 g/mol. The fraction of sp³-hybridized carbons (Fsp3) is 0.846. The molecule has 1 aliphatic rings. The second-order valence-electron chi connectivity index (χ2n) is 5.09.